The van der Waals surface area contributed by atoms with Crippen LogP contribution in [0.3, 0.4) is 0 Å². The molecule has 0 atom stereocenters. The Hall–Kier alpha value is -3.10. The molecule has 1 fully saturated rings. The number of rotatable bonds is 4. The highest BCUT2D eigenvalue weighted by Crippen LogP contribution is 2.35. The van der Waals surface area contributed by atoms with Gasteiger partial charge in [0.15, 0.2) is 11.5 Å². The van der Waals surface area contributed by atoms with Crippen molar-refractivity contribution >= 4 is 26.8 Å². The Morgan fingerprint density at radius 1 is 0.903 bits per heavy atom. The molecule has 160 valence electrons. The molecule has 31 heavy (non-hydrogen) atoms. The molecule has 8 heteroatoms. The average Bonchev–Trinajstić information content (AvgIpc) is 3.27. The topological polar surface area (TPSA) is 82.1 Å². The van der Waals surface area contributed by atoms with Gasteiger partial charge in [0.05, 0.1) is 10.8 Å². The van der Waals surface area contributed by atoms with Gasteiger partial charge in [0.1, 0.15) is 5.75 Å². The van der Waals surface area contributed by atoms with Crippen molar-refractivity contribution < 1.29 is 27.4 Å². The number of carbonyl (C=O) groups is 1. The van der Waals surface area contributed by atoms with Crippen LogP contribution in [0.4, 0.5) is 0 Å². The largest absolute Gasteiger partial charge is 0.454 e. The van der Waals surface area contributed by atoms with Crippen LogP contribution in [0.15, 0.2) is 65.6 Å². The van der Waals surface area contributed by atoms with E-state index in [4.69, 9.17) is 14.2 Å². The molecule has 0 spiro atoms. The van der Waals surface area contributed by atoms with Crippen molar-refractivity contribution in [2.75, 3.05) is 19.9 Å². The number of sulfonamides is 1. The lowest BCUT2D eigenvalue weighted by molar-refractivity contribution is -0.140. The summed E-state index contributed by atoms with van der Waals surface area (Å²) in [4.78, 5) is 12.8. The second-order valence-corrected chi connectivity index (χ2v) is 9.56. The number of benzene rings is 3. The number of hydrogen-bond donors (Lipinski definition) is 0. The summed E-state index contributed by atoms with van der Waals surface area (Å²) in [7, 11) is -3.62. The molecule has 0 amide bonds. The van der Waals surface area contributed by atoms with E-state index >= 15 is 0 Å². The van der Waals surface area contributed by atoms with Crippen molar-refractivity contribution in [2.45, 2.75) is 17.7 Å². The predicted molar refractivity (Wildman–Crippen MR) is 114 cm³/mol. The summed E-state index contributed by atoms with van der Waals surface area (Å²) in [5.41, 5.74) is 0. The lowest BCUT2D eigenvalue weighted by atomic mass is 9.98. The second kappa shape index (κ2) is 7.86. The molecule has 0 saturated carbocycles. The van der Waals surface area contributed by atoms with Crippen LogP contribution >= 0.6 is 0 Å². The molecule has 5 rings (SSSR count). The normalized spacial score (nSPS) is 17.0. The summed E-state index contributed by atoms with van der Waals surface area (Å²) in [6.45, 7) is 0.697. The van der Waals surface area contributed by atoms with Crippen molar-refractivity contribution in [3.8, 4) is 17.2 Å². The van der Waals surface area contributed by atoms with E-state index in [0.29, 0.717) is 30.1 Å². The van der Waals surface area contributed by atoms with E-state index in [1.54, 1.807) is 30.3 Å². The van der Waals surface area contributed by atoms with Gasteiger partial charge in [-0.15, -0.1) is 0 Å². The summed E-state index contributed by atoms with van der Waals surface area (Å²) < 4.78 is 43.7. The Kier molecular flexibility index (Phi) is 5.03. The minimum Gasteiger partial charge on any atom is -0.454 e. The lowest BCUT2D eigenvalue weighted by Gasteiger charge is -2.30. The summed E-state index contributed by atoms with van der Waals surface area (Å²) in [6, 6.07) is 17.8. The van der Waals surface area contributed by atoms with Crippen LogP contribution in [0.1, 0.15) is 12.8 Å². The molecule has 0 radical (unpaired) electrons. The minimum absolute atomic E-state index is 0.150. The van der Waals surface area contributed by atoms with Crippen molar-refractivity contribution in [1.29, 1.82) is 0 Å². The number of nitrogens with zero attached hydrogens (tertiary/aromatic N) is 1. The van der Waals surface area contributed by atoms with E-state index in [1.807, 2.05) is 30.3 Å². The summed E-state index contributed by atoms with van der Waals surface area (Å²) in [5.74, 6) is 0.837. The monoisotopic (exact) mass is 439 g/mol. The molecule has 2 heterocycles. The van der Waals surface area contributed by atoms with Crippen molar-refractivity contribution in [1.82, 2.24) is 4.31 Å². The SMILES string of the molecule is O=C(Oc1ccc2c(c1)OCO2)C1CCN(S(=O)(=O)c2ccc3ccccc3c2)CC1. The van der Waals surface area contributed by atoms with Crippen LogP contribution in [-0.2, 0) is 14.8 Å². The van der Waals surface area contributed by atoms with Gasteiger partial charge in [0.2, 0.25) is 16.8 Å². The molecule has 7 nitrogen and oxygen atoms in total. The number of fused-ring (bicyclic) bond motifs is 2. The fourth-order valence-corrected chi connectivity index (χ4v) is 5.45. The Balaban J connectivity index is 1.24. The fraction of sp³-hybridized carbons (Fsp3) is 0.261. The van der Waals surface area contributed by atoms with E-state index < -0.39 is 10.0 Å². The quantitative estimate of drug-likeness (QED) is 0.457. The predicted octanol–water partition coefficient (Wildman–Crippen LogP) is 3.57. The fourth-order valence-electron chi connectivity index (χ4n) is 3.95. The maximum absolute atomic E-state index is 13.1. The van der Waals surface area contributed by atoms with Crippen LogP contribution in [0.25, 0.3) is 10.8 Å². The van der Waals surface area contributed by atoms with Crippen LogP contribution in [0, 0.1) is 5.92 Å². The summed E-state index contributed by atoms with van der Waals surface area (Å²) >= 11 is 0. The van der Waals surface area contributed by atoms with Gasteiger partial charge in [-0.25, -0.2) is 8.42 Å². The van der Waals surface area contributed by atoms with Crippen LogP contribution in [0.5, 0.6) is 17.2 Å². The lowest BCUT2D eigenvalue weighted by Crippen LogP contribution is -2.41. The average molecular weight is 439 g/mol. The third-order valence-corrected chi connectivity index (χ3v) is 7.60. The number of hydrogen-bond acceptors (Lipinski definition) is 6. The van der Waals surface area contributed by atoms with Crippen LogP contribution < -0.4 is 14.2 Å². The van der Waals surface area contributed by atoms with Crippen molar-refractivity contribution in [3.63, 3.8) is 0 Å². The Morgan fingerprint density at radius 2 is 1.65 bits per heavy atom. The van der Waals surface area contributed by atoms with Crippen LogP contribution in [0.2, 0.25) is 0 Å². The standard InChI is InChI=1S/C23H21NO6S/c25-23(30-19-6-8-21-22(14-19)29-15-28-21)17-9-11-24(12-10-17)31(26,27)20-7-5-16-3-1-2-4-18(16)13-20/h1-8,13-14,17H,9-12,15H2. The molecular weight excluding hydrogens is 418 g/mol. The zero-order chi connectivity index (χ0) is 21.4. The Labute approximate surface area is 180 Å². The van der Waals surface area contributed by atoms with Crippen LogP contribution in [-0.4, -0.2) is 38.6 Å². The van der Waals surface area contributed by atoms with E-state index in [1.165, 1.54) is 4.31 Å². The third-order valence-electron chi connectivity index (χ3n) is 5.71. The Bertz CT molecular complexity index is 1250. The Morgan fingerprint density at radius 3 is 2.45 bits per heavy atom. The van der Waals surface area contributed by atoms with Gasteiger partial charge < -0.3 is 14.2 Å². The molecule has 3 aromatic carbocycles. The van der Waals surface area contributed by atoms with Gasteiger partial charge in [0.25, 0.3) is 0 Å². The molecule has 1 saturated heterocycles. The number of carbonyl (C=O) groups excluding carboxylic acids is 1. The van der Waals surface area contributed by atoms with Gasteiger partial charge in [-0.2, -0.15) is 4.31 Å². The molecule has 0 unspecified atom stereocenters. The molecule has 2 aliphatic rings. The maximum atomic E-state index is 13.1. The summed E-state index contributed by atoms with van der Waals surface area (Å²) in [5, 5.41) is 1.87. The first-order valence-corrected chi connectivity index (χ1v) is 11.5. The molecule has 0 bridgehead atoms. The maximum Gasteiger partial charge on any atom is 0.314 e. The first-order valence-electron chi connectivity index (χ1n) is 10.1. The molecule has 0 N–H and O–H groups in total. The molecule has 2 aliphatic heterocycles. The van der Waals surface area contributed by atoms with Gasteiger partial charge in [-0.3, -0.25) is 4.79 Å². The van der Waals surface area contributed by atoms with Gasteiger partial charge >= 0.3 is 5.97 Å². The number of esters is 1. The first kappa shape index (κ1) is 19.8. The number of ether oxygens (including phenoxy) is 3. The molecule has 3 aromatic rings. The third kappa shape index (κ3) is 3.84. The highest BCUT2D eigenvalue weighted by atomic mass is 32.2. The van der Waals surface area contributed by atoms with Crippen molar-refractivity contribution in [3.05, 3.63) is 60.7 Å². The van der Waals surface area contributed by atoms with Gasteiger partial charge in [-0.1, -0.05) is 30.3 Å². The van der Waals surface area contributed by atoms with Gasteiger partial charge in [-0.05, 0) is 47.9 Å². The smallest absolute Gasteiger partial charge is 0.314 e. The van der Waals surface area contributed by atoms with E-state index in [2.05, 4.69) is 0 Å². The van der Waals surface area contributed by atoms with Gasteiger partial charge in [0, 0.05) is 19.2 Å². The first-order chi connectivity index (χ1) is 15.0. The molecular formula is C23H21NO6S. The molecule has 0 aromatic heterocycles. The van der Waals surface area contributed by atoms with Crippen molar-refractivity contribution in [2.24, 2.45) is 5.92 Å². The van der Waals surface area contributed by atoms with E-state index in [0.717, 1.165) is 10.8 Å². The second-order valence-electron chi connectivity index (χ2n) is 7.62. The highest BCUT2D eigenvalue weighted by Gasteiger charge is 2.33. The van der Waals surface area contributed by atoms with E-state index in [-0.39, 0.29) is 36.7 Å². The zero-order valence-corrected chi connectivity index (χ0v) is 17.5. The molecule has 0 aliphatic carbocycles. The van der Waals surface area contributed by atoms with E-state index in [9.17, 15) is 13.2 Å². The summed E-state index contributed by atoms with van der Waals surface area (Å²) in [6.07, 6.45) is 0.826. The minimum atomic E-state index is -3.62. The zero-order valence-electron chi connectivity index (χ0n) is 16.7. The highest BCUT2D eigenvalue weighted by molar-refractivity contribution is 7.89. The number of piperidine rings is 1.